The number of aromatic nitrogens is 3. The Morgan fingerprint density at radius 3 is 2.77 bits per heavy atom. The molecule has 1 unspecified atom stereocenters. The number of pyridine rings is 1. The zero-order chi connectivity index (χ0) is 24.8. The van der Waals surface area contributed by atoms with E-state index >= 15 is 0 Å². The maximum absolute atomic E-state index is 13.1. The Balaban J connectivity index is 1.55. The molecule has 1 atom stereocenters. The number of carbonyl (C=O) groups excluding carboxylic acids is 1. The van der Waals surface area contributed by atoms with Crippen molar-refractivity contribution in [3.63, 3.8) is 0 Å². The van der Waals surface area contributed by atoms with E-state index in [-0.39, 0.29) is 11.9 Å². The van der Waals surface area contributed by atoms with Crippen LogP contribution < -0.4 is 16.0 Å². The molecular weight excluding hydrogens is 458 g/mol. The third kappa shape index (κ3) is 5.91. The van der Waals surface area contributed by atoms with E-state index in [9.17, 15) is 4.79 Å². The van der Waals surface area contributed by atoms with Gasteiger partial charge in [-0.2, -0.15) is 5.10 Å². The van der Waals surface area contributed by atoms with Crippen LogP contribution in [0.15, 0.2) is 41.9 Å². The van der Waals surface area contributed by atoms with E-state index in [1.54, 1.807) is 22.2 Å². The number of nitrogen functional groups attached to an aromatic ring is 1. The fourth-order valence-corrected chi connectivity index (χ4v) is 4.88. The zero-order valence-electron chi connectivity index (χ0n) is 20.8. The summed E-state index contributed by atoms with van der Waals surface area (Å²) >= 11 is 1.72. The van der Waals surface area contributed by atoms with Gasteiger partial charge >= 0.3 is 0 Å². The van der Waals surface area contributed by atoms with Crippen LogP contribution in [0.3, 0.4) is 0 Å². The van der Waals surface area contributed by atoms with E-state index in [2.05, 4.69) is 52.4 Å². The molecule has 0 aliphatic carbocycles. The lowest BCUT2D eigenvalue weighted by atomic mass is 10.1. The lowest BCUT2D eigenvalue weighted by Gasteiger charge is -2.32. The van der Waals surface area contributed by atoms with Crippen LogP contribution in [0.5, 0.6) is 0 Å². The molecule has 0 saturated carbocycles. The number of anilines is 2. The topological polar surface area (TPSA) is 92.3 Å². The van der Waals surface area contributed by atoms with E-state index in [1.165, 1.54) is 4.88 Å². The highest BCUT2D eigenvalue weighted by molar-refractivity contribution is 7.09. The summed E-state index contributed by atoms with van der Waals surface area (Å²) in [6.07, 6.45) is 7.59. The van der Waals surface area contributed by atoms with Gasteiger partial charge in [0, 0.05) is 48.7 Å². The van der Waals surface area contributed by atoms with E-state index in [4.69, 9.17) is 10.7 Å². The van der Waals surface area contributed by atoms with Gasteiger partial charge in [-0.25, -0.2) is 9.67 Å². The van der Waals surface area contributed by atoms with Crippen LogP contribution in [0.1, 0.15) is 42.4 Å². The number of nitrogens with zero attached hydrogens (tertiary/aromatic N) is 5. The van der Waals surface area contributed by atoms with Gasteiger partial charge in [-0.05, 0) is 50.0 Å². The standard InChI is InChI=1S/C26H35N7OS/c1-4-31(5-2)19(3)17-28-26(34)20-15-23(30-24(16-20)32-11-8-12-32)22-18-29-33(25(22)27)13-6-9-21-10-7-14-35-21/h6-7,10,13-16,18-19H,4-5,8-9,11-12,17,27H2,1-3H3,(H,28,34)/b13-6-. The monoisotopic (exact) mass is 493 g/mol. The summed E-state index contributed by atoms with van der Waals surface area (Å²) < 4.78 is 1.66. The highest BCUT2D eigenvalue weighted by atomic mass is 32.1. The van der Waals surface area contributed by atoms with Gasteiger partial charge < -0.3 is 16.0 Å². The molecule has 3 aromatic heterocycles. The van der Waals surface area contributed by atoms with Crippen molar-refractivity contribution in [3.8, 4) is 11.3 Å². The Labute approximate surface area is 211 Å². The number of rotatable bonds is 11. The van der Waals surface area contributed by atoms with Gasteiger partial charge in [-0.3, -0.25) is 9.69 Å². The highest BCUT2D eigenvalue weighted by Gasteiger charge is 2.21. The molecule has 3 N–H and O–H groups in total. The lowest BCUT2D eigenvalue weighted by molar-refractivity contribution is 0.0938. The van der Waals surface area contributed by atoms with E-state index in [0.29, 0.717) is 23.6 Å². The van der Waals surface area contributed by atoms with Crippen molar-refractivity contribution >= 4 is 35.1 Å². The number of allylic oxidation sites excluding steroid dienone is 1. The average Bonchev–Trinajstić information content (AvgIpc) is 3.47. The molecule has 0 aromatic carbocycles. The molecule has 4 heterocycles. The van der Waals surface area contributed by atoms with Crippen LogP contribution in [-0.4, -0.2) is 64.3 Å². The van der Waals surface area contributed by atoms with Gasteiger partial charge in [0.2, 0.25) is 0 Å². The number of amides is 1. The van der Waals surface area contributed by atoms with Crippen molar-refractivity contribution in [2.24, 2.45) is 0 Å². The number of hydrogen-bond acceptors (Lipinski definition) is 7. The van der Waals surface area contributed by atoms with Crippen LogP contribution in [0.25, 0.3) is 17.5 Å². The fourth-order valence-electron chi connectivity index (χ4n) is 4.20. The smallest absolute Gasteiger partial charge is 0.251 e. The van der Waals surface area contributed by atoms with Crippen LogP contribution in [0, 0.1) is 0 Å². The van der Waals surface area contributed by atoms with Crippen molar-refractivity contribution in [1.29, 1.82) is 0 Å². The second-order valence-electron chi connectivity index (χ2n) is 8.78. The van der Waals surface area contributed by atoms with Crippen molar-refractivity contribution < 1.29 is 4.79 Å². The van der Waals surface area contributed by atoms with Crippen molar-refractivity contribution in [2.75, 3.05) is 43.4 Å². The number of hydrogen-bond donors (Lipinski definition) is 2. The van der Waals surface area contributed by atoms with Gasteiger partial charge in [0.05, 0.1) is 17.5 Å². The van der Waals surface area contributed by atoms with Crippen molar-refractivity contribution in [2.45, 2.75) is 39.7 Å². The third-order valence-electron chi connectivity index (χ3n) is 6.50. The fraction of sp³-hybridized carbons (Fsp3) is 0.423. The molecule has 1 aliphatic heterocycles. The Morgan fingerprint density at radius 1 is 1.31 bits per heavy atom. The van der Waals surface area contributed by atoms with Crippen molar-refractivity contribution in [1.82, 2.24) is 25.0 Å². The molecule has 0 spiro atoms. The second-order valence-corrected chi connectivity index (χ2v) is 9.81. The predicted molar refractivity (Wildman–Crippen MR) is 145 cm³/mol. The molecule has 1 amide bonds. The summed E-state index contributed by atoms with van der Waals surface area (Å²) in [4.78, 5) is 23.7. The quantitative estimate of drug-likeness (QED) is 0.420. The largest absolute Gasteiger partial charge is 0.383 e. The first-order chi connectivity index (χ1) is 17.0. The molecule has 0 radical (unpaired) electrons. The van der Waals surface area contributed by atoms with E-state index < -0.39 is 0 Å². The van der Waals surface area contributed by atoms with Crippen LogP contribution in [0.4, 0.5) is 11.6 Å². The summed E-state index contributed by atoms with van der Waals surface area (Å²) in [7, 11) is 0. The number of nitrogens with two attached hydrogens (primary N) is 1. The molecule has 3 aromatic rings. The first kappa shape index (κ1) is 24.9. The Hall–Kier alpha value is -3.17. The molecular formula is C26H35N7OS. The van der Waals surface area contributed by atoms with Gasteiger partial charge in [0.15, 0.2) is 0 Å². The van der Waals surface area contributed by atoms with Gasteiger partial charge in [-0.1, -0.05) is 26.0 Å². The van der Waals surface area contributed by atoms with Crippen LogP contribution in [-0.2, 0) is 6.42 Å². The molecule has 186 valence electrons. The summed E-state index contributed by atoms with van der Waals surface area (Å²) in [6, 6.07) is 8.10. The van der Waals surface area contributed by atoms with Gasteiger partial charge in [-0.15, -0.1) is 11.3 Å². The minimum atomic E-state index is -0.101. The maximum atomic E-state index is 13.1. The van der Waals surface area contributed by atoms with Crippen LogP contribution >= 0.6 is 11.3 Å². The normalized spacial score (nSPS) is 14.5. The molecule has 9 heteroatoms. The third-order valence-corrected chi connectivity index (χ3v) is 7.40. The molecule has 1 fully saturated rings. The Kier molecular flexibility index (Phi) is 8.20. The first-order valence-corrected chi connectivity index (χ1v) is 13.2. The Morgan fingerprint density at radius 2 is 2.11 bits per heavy atom. The summed E-state index contributed by atoms with van der Waals surface area (Å²) in [5, 5.41) is 9.61. The number of nitrogens with one attached hydrogen (secondary N) is 1. The second kappa shape index (κ2) is 11.5. The molecule has 1 aliphatic rings. The summed E-state index contributed by atoms with van der Waals surface area (Å²) in [5.41, 5.74) is 8.42. The molecule has 1 saturated heterocycles. The molecule has 8 nitrogen and oxygen atoms in total. The zero-order valence-corrected chi connectivity index (χ0v) is 21.6. The van der Waals surface area contributed by atoms with Gasteiger partial charge in [0.1, 0.15) is 11.6 Å². The van der Waals surface area contributed by atoms with E-state index in [0.717, 1.165) is 50.4 Å². The minimum Gasteiger partial charge on any atom is -0.383 e. The first-order valence-electron chi connectivity index (χ1n) is 12.3. The molecule has 0 bridgehead atoms. The Bertz CT molecular complexity index is 1150. The van der Waals surface area contributed by atoms with Crippen LogP contribution in [0.2, 0.25) is 0 Å². The van der Waals surface area contributed by atoms with E-state index in [1.807, 2.05) is 30.5 Å². The SMILES string of the molecule is CCN(CC)C(C)CNC(=O)c1cc(-c2cnn(/C=C\Cc3cccs3)c2N)nc(N2CCC2)c1. The summed E-state index contributed by atoms with van der Waals surface area (Å²) in [5.74, 6) is 1.20. The number of thiophene rings is 1. The average molecular weight is 494 g/mol. The van der Waals surface area contributed by atoms with Crippen molar-refractivity contribution in [3.05, 3.63) is 52.4 Å². The predicted octanol–water partition coefficient (Wildman–Crippen LogP) is 3.97. The molecule has 4 rings (SSSR count). The summed E-state index contributed by atoms with van der Waals surface area (Å²) in [6.45, 7) is 10.8. The lowest BCUT2D eigenvalue weighted by Crippen LogP contribution is -2.42. The van der Waals surface area contributed by atoms with Gasteiger partial charge in [0.25, 0.3) is 5.91 Å². The number of likely N-dealkylation sites (N-methyl/N-ethyl adjacent to an activating group) is 1. The number of carbonyl (C=O) groups is 1. The molecule has 35 heavy (non-hydrogen) atoms. The maximum Gasteiger partial charge on any atom is 0.251 e. The minimum absolute atomic E-state index is 0.101. The highest BCUT2D eigenvalue weighted by Crippen LogP contribution is 2.29.